The molecule has 1 aliphatic rings. The summed E-state index contributed by atoms with van der Waals surface area (Å²) in [7, 11) is 0. The van der Waals surface area contributed by atoms with Crippen LogP contribution in [-0.4, -0.2) is 27.5 Å². The van der Waals surface area contributed by atoms with E-state index in [0.29, 0.717) is 34.6 Å². The van der Waals surface area contributed by atoms with E-state index in [0.717, 1.165) is 11.3 Å². The molecule has 8 nitrogen and oxygen atoms in total. The van der Waals surface area contributed by atoms with Crippen molar-refractivity contribution in [2.75, 3.05) is 17.8 Å². The largest absolute Gasteiger partial charge is 0.454 e. The molecule has 0 bridgehead atoms. The number of amides is 1. The van der Waals surface area contributed by atoms with Gasteiger partial charge >= 0.3 is 0 Å². The Morgan fingerprint density at radius 2 is 1.93 bits per heavy atom. The number of aromatic nitrogens is 3. The molecule has 0 saturated carbocycles. The van der Waals surface area contributed by atoms with Crippen LogP contribution in [0.3, 0.4) is 0 Å². The summed E-state index contributed by atoms with van der Waals surface area (Å²) in [6.07, 6.45) is 0. The standard InChI is InChI=1S/C20H21N5O3/c1-11(2)13-6-4-5-7-16(13)25-12(3)22-19(24-25)20(26)23-15-9-18-17(8-14(15)21)27-10-28-18/h4-9,11H,10,21H2,1-3H3,(H,23,26). The van der Waals surface area contributed by atoms with Crippen molar-refractivity contribution in [1.29, 1.82) is 0 Å². The zero-order valence-electron chi connectivity index (χ0n) is 15.9. The molecule has 0 fully saturated rings. The fourth-order valence-corrected chi connectivity index (χ4v) is 3.13. The number of aryl methyl sites for hydroxylation is 1. The molecule has 0 unspecified atom stereocenters. The first-order valence-electron chi connectivity index (χ1n) is 8.97. The third-order valence-electron chi connectivity index (χ3n) is 4.55. The van der Waals surface area contributed by atoms with Crippen molar-refractivity contribution in [3.8, 4) is 17.2 Å². The van der Waals surface area contributed by atoms with E-state index >= 15 is 0 Å². The Labute approximate surface area is 162 Å². The molecule has 28 heavy (non-hydrogen) atoms. The number of hydrogen-bond donors (Lipinski definition) is 2. The Hall–Kier alpha value is -3.55. The van der Waals surface area contributed by atoms with Gasteiger partial charge in [0.2, 0.25) is 12.6 Å². The molecule has 0 saturated heterocycles. The van der Waals surface area contributed by atoms with Crippen LogP contribution in [0.2, 0.25) is 0 Å². The molecule has 2 heterocycles. The Morgan fingerprint density at radius 1 is 1.21 bits per heavy atom. The number of hydrogen-bond acceptors (Lipinski definition) is 6. The second kappa shape index (κ2) is 6.88. The SMILES string of the molecule is Cc1nc(C(=O)Nc2cc3c(cc2N)OCO3)nn1-c1ccccc1C(C)C. The molecule has 0 atom stereocenters. The van der Waals surface area contributed by atoms with E-state index in [-0.39, 0.29) is 12.6 Å². The summed E-state index contributed by atoms with van der Waals surface area (Å²) in [5.74, 6) is 1.63. The molecule has 3 aromatic rings. The van der Waals surface area contributed by atoms with E-state index in [9.17, 15) is 4.79 Å². The lowest BCUT2D eigenvalue weighted by molar-refractivity contribution is 0.101. The van der Waals surface area contributed by atoms with Crippen LogP contribution in [0.4, 0.5) is 11.4 Å². The molecule has 0 radical (unpaired) electrons. The first-order valence-corrected chi connectivity index (χ1v) is 8.97. The molecule has 0 spiro atoms. The van der Waals surface area contributed by atoms with Gasteiger partial charge in [-0.2, -0.15) is 0 Å². The van der Waals surface area contributed by atoms with Gasteiger partial charge in [-0.1, -0.05) is 32.0 Å². The Bertz CT molecular complexity index is 1060. The lowest BCUT2D eigenvalue weighted by atomic mass is 10.0. The van der Waals surface area contributed by atoms with E-state index in [1.165, 1.54) is 0 Å². The Kier molecular flexibility index (Phi) is 4.38. The van der Waals surface area contributed by atoms with Gasteiger partial charge in [-0.25, -0.2) is 9.67 Å². The van der Waals surface area contributed by atoms with E-state index in [4.69, 9.17) is 15.2 Å². The van der Waals surface area contributed by atoms with Crippen molar-refractivity contribution >= 4 is 17.3 Å². The van der Waals surface area contributed by atoms with Crippen molar-refractivity contribution in [1.82, 2.24) is 14.8 Å². The lowest BCUT2D eigenvalue weighted by Crippen LogP contribution is -2.15. The molecule has 1 aromatic heterocycles. The maximum Gasteiger partial charge on any atom is 0.295 e. The average molecular weight is 379 g/mol. The minimum Gasteiger partial charge on any atom is -0.454 e. The predicted molar refractivity (Wildman–Crippen MR) is 105 cm³/mol. The molecule has 1 aliphatic heterocycles. The molecule has 0 aliphatic carbocycles. The van der Waals surface area contributed by atoms with E-state index < -0.39 is 5.91 Å². The smallest absolute Gasteiger partial charge is 0.295 e. The number of fused-ring (bicyclic) bond motifs is 1. The number of nitrogens with zero attached hydrogens (tertiary/aromatic N) is 3. The maximum absolute atomic E-state index is 12.7. The van der Waals surface area contributed by atoms with E-state index in [2.05, 4.69) is 29.2 Å². The summed E-state index contributed by atoms with van der Waals surface area (Å²) < 4.78 is 12.3. The van der Waals surface area contributed by atoms with Gasteiger partial charge in [-0.05, 0) is 24.5 Å². The Morgan fingerprint density at radius 3 is 2.68 bits per heavy atom. The number of ether oxygens (including phenoxy) is 2. The number of nitrogen functional groups attached to an aromatic ring is 1. The zero-order chi connectivity index (χ0) is 19.8. The Balaban J connectivity index is 1.63. The molecule has 2 aromatic carbocycles. The number of benzene rings is 2. The fraction of sp³-hybridized carbons (Fsp3) is 0.250. The average Bonchev–Trinajstić information content (AvgIpc) is 3.28. The minimum absolute atomic E-state index is 0.0631. The third-order valence-corrected chi connectivity index (χ3v) is 4.55. The molecule has 144 valence electrons. The van der Waals surface area contributed by atoms with Crippen LogP contribution < -0.4 is 20.5 Å². The quantitative estimate of drug-likeness (QED) is 0.674. The molecule has 4 rings (SSSR count). The number of carbonyl (C=O) groups is 1. The van der Waals surface area contributed by atoms with Gasteiger partial charge in [-0.3, -0.25) is 4.79 Å². The summed E-state index contributed by atoms with van der Waals surface area (Å²) in [6, 6.07) is 11.2. The van der Waals surface area contributed by atoms with Gasteiger partial charge in [0.1, 0.15) is 5.82 Å². The van der Waals surface area contributed by atoms with Crippen LogP contribution in [0.25, 0.3) is 5.69 Å². The number of nitrogens with two attached hydrogens (primary N) is 1. The van der Waals surface area contributed by atoms with Crippen LogP contribution in [0.15, 0.2) is 36.4 Å². The van der Waals surface area contributed by atoms with E-state index in [1.54, 1.807) is 16.8 Å². The van der Waals surface area contributed by atoms with Gasteiger partial charge < -0.3 is 20.5 Å². The van der Waals surface area contributed by atoms with Gasteiger partial charge in [0.25, 0.3) is 5.91 Å². The number of anilines is 2. The highest BCUT2D eigenvalue weighted by molar-refractivity contribution is 6.03. The van der Waals surface area contributed by atoms with Crippen LogP contribution >= 0.6 is 0 Å². The molecular weight excluding hydrogens is 358 g/mol. The van der Waals surface area contributed by atoms with E-state index in [1.807, 2.05) is 31.2 Å². The van der Waals surface area contributed by atoms with Crippen LogP contribution in [0.5, 0.6) is 11.5 Å². The predicted octanol–water partition coefficient (Wildman–Crippen LogP) is 3.26. The number of para-hydroxylation sites is 1. The molecule has 8 heteroatoms. The molecular formula is C20H21N5O3. The number of rotatable bonds is 4. The van der Waals surface area contributed by atoms with Crippen molar-refractivity contribution in [3.63, 3.8) is 0 Å². The molecule has 1 amide bonds. The summed E-state index contributed by atoms with van der Waals surface area (Å²) in [5, 5.41) is 7.17. The summed E-state index contributed by atoms with van der Waals surface area (Å²) in [6.45, 7) is 6.17. The van der Waals surface area contributed by atoms with Crippen molar-refractivity contribution in [2.45, 2.75) is 26.7 Å². The summed E-state index contributed by atoms with van der Waals surface area (Å²) in [4.78, 5) is 17.0. The first kappa shape index (κ1) is 17.8. The highest BCUT2D eigenvalue weighted by Gasteiger charge is 2.21. The summed E-state index contributed by atoms with van der Waals surface area (Å²) in [5.41, 5.74) is 8.83. The first-order chi connectivity index (χ1) is 13.4. The fourth-order valence-electron chi connectivity index (χ4n) is 3.13. The third kappa shape index (κ3) is 3.13. The van der Waals surface area contributed by atoms with Crippen molar-refractivity contribution < 1.29 is 14.3 Å². The second-order valence-electron chi connectivity index (χ2n) is 6.85. The number of carbonyl (C=O) groups excluding carboxylic acids is 1. The zero-order valence-corrected chi connectivity index (χ0v) is 15.9. The number of nitrogens with one attached hydrogen (secondary N) is 1. The topological polar surface area (TPSA) is 104 Å². The van der Waals surface area contributed by atoms with Crippen LogP contribution in [0, 0.1) is 6.92 Å². The lowest BCUT2D eigenvalue weighted by Gasteiger charge is -2.12. The van der Waals surface area contributed by atoms with Gasteiger partial charge in [0.15, 0.2) is 11.5 Å². The maximum atomic E-state index is 12.7. The molecule has 3 N–H and O–H groups in total. The van der Waals surface area contributed by atoms with Crippen LogP contribution in [-0.2, 0) is 0 Å². The highest BCUT2D eigenvalue weighted by atomic mass is 16.7. The normalized spacial score (nSPS) is 12.4. The van der Waals surface area contributed by atoms with Gasteiger partial charge in [0, 0.05) is 12.1 Å². The van der Waals surface area contributed by atoms with Gasteiger partial charge in [-0.15, -0.1) is 5.10 Å². The summed E-state index contributed by atoms with van der Waals surface area (Å²) >= 11 is 0. The second-order valence-corrected chi connectivity index (χ2v) is 6.85. The monoisotopic (exact) mass is 379 g/mol. The minimum atomic E-state index is -0.450. The van der Waals surface area contributed by atoms with Gasteiger partial charge in [0.05, 0.1) is 17.1 Å². The van der Waals surface area contributed by atoms with Crippen molar-refractivity contribution in [2.24, 2.45) is 0 Å². The van der Waals surface area contributed by atoms with Crippen molar-refractivity contribution in [3.05, 3.63) is 53.6 Å². The van der Waals surface area contributed by atoms with Crippen LogP contribution in [0.1, 0.15) is 41.8 Å². The highest BCUT2D eigenvalue weighted by Crippen LogP contribution is 2.38.